The van der Waals surface area contributed by atoms with Crippen molar-refractivity contribution in [2.75, 3.05) is 19.9 Å². The van der Waals surface area contributed by atoms with Gasteiger partial charge in [0.1, 0.15) is 0 Å². The van der Waals surface area contributed by atoms with Crippen LogP contribution in [-0.4, -0.2) is 37.1 Å². The Morgan fingerprint density at radius 1 is 1.04 bits per heavy atom. The van der Waals surface area contributed by atoms with Gasteiger partial charge in [-0.25, -0.2) is 0 Å². The highest BCUT2D eigenvalue weighted by atomic mass is 16.5. The van der Waals surface area contributed by atoms with Crippen LogP contribution in [0.15, 0.2) is 48.5 Å². The molecule has 2 heterocycles. The number of fused-ring (bicyclic) bond motifs is 2. The molecule has 0 saturated carbocycles. The van der Waals surface area contributed by atoms with Gasteiger partial charge < -0.3 is 10.5 Å². The van der Waals surface area contributed by atoms with Crippen LogP contribution in [0.4, 0.5) is 5.69 Å². The Balaban J connectivity index is 1.63. The summed E-state index contributed by atoms with van der Waals surface area (Å²) in [5.74, 6) is 0.0811. The van der Waals surface area contributed by atoms with Gasteiger partial charge in [-0.15, -0.1) is 0 Å². The lowest BCUT2D eigenvalue weighted by atomic mass is 9.76. The predicted molar refractivity (Wildman–Crippen MR) is 104 cm³/mol. The first-order valence-corrected chi connectivity index (χ1v) is 9.34. The smallest absolute Gasteiger partial charge is 0.310 e. The van der Waals surface area contributed by atoms with Crippen LogP contribution in [0, 0.1) is 5.92 Å². The summed E-state index contributed by atoms with van der Waals surface area (Å²) < 4.78 is 5.17. The molecule has 0 aromatic heterocycles. The van der Waals surface area contributed by atoms with Gasteiger partial charge in [0.25, 0.3) is 0 Å². The van der Waals surface area contributed by atoms with E-state index in [0.29, 0.717) is 12.1 Å². The van der Waals surface area contributed by atoms with Gasteiger partial charge >= 0.3 is 5.97 Å². The molecular formula is C22H26N2O2. The second-order valence-electron chi connectivity index (χ2n) is 7.60. The van der Waals surface area contributed by atoms with Crippen LogP contribution in [0.3, 0.4) is 0 Å². The fraction of sp³-hybridized carbons (Fsp3) is 0.409. The lowest BCUT2D eigenvalue weighted by Crippen LogP contribution is -2.49. The van der Waals surface area contributed by atoms with Crippen LogP contribution in [0.1, 0.15) is 30.7 Å². The summed E-state index contributed by atoms with van der Waals surface area (Å²) in [7, 11) is 3.66. The highest BCUT2D eigenvalue weighted by Crippen LogP contribution is 2.46. The fourth-order valence-electron chi connectivity index (χ4n) is 4.87. The van der Waals surface area contributed by atoms with Gasteiger partial charge in [-0.05, 0) is 55.1 Å². The summed E-state index contributed by atoms with van der Waals surface area (Å²) in [6.07, 6.45) is 3.28. The highest BCUT2D eigenvalue weighted by Gasteiger charge is 2.49. The molecule has 4 rings (SSSR count). The molecular weight excluding hydrogens is 324 g/mol. The Hall–Kier alpha value is -2.33. The number of piperidine rings is 1. The van der Waals surface area contributed by atoms with Crippen LogP contribution in [0.5, 0.6) is 0 Å². The molecule has 0 spiro atoms. The molecule has 4 atom stereocenters. The molecule has 2 saturated heterocycles. The van der Waals surface area contributed by atoms with Crippen molar-refractivity contribution in [3.63, 3.8) is 0 Å². The third-order valence-electron chi connectivity index (χ3n) is 6.32. The van der Waals surface area contributed by atoms with Crippen LogP contribution >= 0.6 is 0 Å². The lowest BCUT2D eigenvalue weighted by Gasteiger charge is -2.41. The number of esters is 1. The Morgan fingerprint density at radius 2 is 1.65 bits per heavy atom. The number of carbonyl (C=O) groups is 1. The molecule has 2 aliphatic rings. The molecule has 2 fully saturated rings. The number of benzene rings is 2. The van der Waals surface area contributed by atoms with Crippen molar-refractivity contribution in [2.24, 2.45) is 5.92 Å². The summed E-state index contributed by atoms with van der Waals surface area (Å²) in [6.45, 7) is 0. The van der Waals surface area contributed by atoms with Crippen molar-refractivity contribution in [2.45, 2.75) is 37.3 Å². The zero-order valence-electron chi connectivity index (χ0n) is 15.4. The topological polar surface area (TPSA) is 55.6 Å². The molecule has 136 valence electrons. The minimum atomic E-state index is -0.0777. The minimum absolute atomic E-state index is 0.0742. The molecule has 2 N–H and O–H groups in total. The van der Waals surface area contributed by atoms with E-state index >= 15 is 0 Å². The number of nitrogens with two attached hydrogens (primary N) is 1. The SMILES string of the molecule is COC(=O)[C@@H]1C2CCC(C[C@@H]1c1ccc(-c3ccc(N)cc3)cc1)N2C. The van der Waals surface area contributed by atoms with E-state index in [4.69, 9.17) is 10.5 Å². The standard InChI is InChI=1S/C22H26N2O2/c1-24-18-11-12-20(24)21(22(25)26-2)19(13-18)16-5-3-14(4-6-16)15-7-9-17(23)10-8-15/h3-10,18-21H,11-13,23H2,1-2H3/t18?,19-,20?,21+/m1/s1. The van der Waals surface area contributed by atoms with E-state index in [0.717, 1.165) is 24.1 Å². The second kappa shape index (κ2) is 6.76. The van der Waals surface area contributed by atoms with Gasteiger partial charge in [-0.1, -0.05) is 36.4 Å². The molecule has 4 heteroatoms. The van der Waals surface area contributed by atoms with Gasteiger partial charge in [0.2, 0.25) is 0 Å². The van der Waals surface area contributed by atoms with E-state index in [9.17, 15) is 4.79 Å². The van der Waals surface area contributed by atoms with Crippen molar-refractivity contribution in [3.8, 4) is 11.1 Å². The van der Waals surface area contributed by atoms with Crippen molar-refractivity contribution in [1.29, 1.82) is 0 Å². The summed E-state index contributed by atoms with van der Waals surface area (Å²) in [4.78, 5) is 14.9. The van der Waals surface area contributed by atoms with E-state index in [2.05, 4.69) is 36.2 Å². The third-order valence-corrected chi connectivity index (χ3v) is 6.32. The minimum Gasteiger partial charge on any atom is -0.469 e. The largest absolute Gasteiger partial charge is 0.469 e. The maximum atomic E-state index is 12.5. The van der Waals surface area contributed by atoms with Crippen LogP contribution < -0.4 is 5.73 Å². The van der Waals surface area contributed by atoms with Crippen LogP contribution in [0.25, 0.3) is 11.1 Å². The van der Waals surface area contributed by atoms with Crippen LogP contribution in [0.2, 0.25) is 0 Å². The van der Waals surface area contributed by atoms with E-state index in [1.54, 1.807) is 0 Å². The maximum Gasteiger partial charge on any atom is 0.310 e. The summed E-state index contributed by atoms with van der Waals surface area (Å²) in [6, 6.07) is 17.4. The average Bonchev–Trinajstić information content (AvgIpc) is 2.90. The van der Waals surface area contributed by atoms with Crippen LogP contribution in [-0.2, 0) is 9.53 Å². The number of anilines is 1. The quantitative estimate of drug-likeness (QED) is 0.678. The van der Waals surface area contributed by atoms with E-state index in [-0.39, 0.29) is 17.8 Å². The molecule has 0 radical (unpaired) electrons. The highest BCUT2D eigenvalue weighted by molar-refractivity contribution is 5.75. The first-order valence-electron chi connectivity index (χ1n) is 9.34. The number of hydrogen-bond donors (Lipinski definition) is 1. The predicted octanol–water partition coefficient (Wildman–Crippen LogP) is 3.68. The van der Waals surface area contributed by atoms with Gasteiger partial charge in [0, 0.05) is 23.7 Å². The molecule has 26 heavy (non-hydrogen) atoms. The molecule has 0 aliphatic carbocycles. The molecule has 2 bridgehead atoms. The monoisotopic (exact) mass is 350 g/mol. The second-order valence-corrected chi connectivity index (χ2v) is 7.60. The summed E-state index contributed by atoms with van der Waals surface area (Å²) >= 11 is 0. The van der Waals surface area contributed by atoms with Crippen molar-refractivity contribution in [1.82, 2.24) is 4.90 Å². The lowest BCUT2D eigenvalue weighted by molar-refractivity contribution is -0.150. The molecule has 4 nitrogen and oxygen atoms in total. The zero-order chi connectivity index (χ0) is 18.3. The molecule has 2 aliphatic heterocycles. The normalized spacial score (nSPS) is 28.1. The summed E-state index contributed by atoms with van der Waals surface area (Å²) in [5, 5.41) is 0. The third kappa shape index (κ3) is 2.88. The number of hydrogen-bond acceptors (Lipinski definition) is 4. The zero-order valence-corrected chi connectivity index (χ0v) is 15.4. The van der Waals surface area contributed by atoms with Gasteiger partial charge in [0.15, 0.2) is 0 Å². The average molecular weight is 350 g/mol. The van der Waals surface area contributed by atoms with E-state index < -0.39 is 0 Å². The summed E-state index contributed by atoms with van der Waals surface area (Å²) in [5.41, 5.74) is 10.1. The fourth-order valence-corrected chi connectivity index (χ4v) is 4.87. The van der Waals surface area contributed by atoms with Gasteiger partial charge in [-0.2, -0.15) is 0 Å². The van der Waals surface area contributed by atoms with E-state index in [1.807, 2.05) is 24.3 Å². The Kier molecular flexibility index (Phi) is 4.45. The molecule has 0 amide bonds. The number of methoxy groups -OCH3 is 1. The van der Waals surface area contributed by atoms with Crippen molar-refractivity contribution < 1.29 is 9.53 Å². The number of nitrogens with zero attached hydrogens (tertiary/aromatic N) is 1. The number of carbonyl (C=O) groups excluding carboxylic acids is 1. The maximum absolute atomic E-state index is 12.5. The Labute approximate surface area is 155 Å². The Bertz CT molecular complexity index is 785. The first-order chi connectivity index (χ1) is 12.6. The van der Waals surface area contributed by atoms with Crippen molar-refractivity contribution in [3.05, 3.63) is 54.1 Å². The number of rotatable bonds is 3. The van der Waals surface area contributed by atoms with Crippen molar-refractivity contribution >= 4 is 11.7 Å². The number of nitrogen functional groups attached to an aromatic ring is 1. The van der Waals surface area contributed by atoms with Gasteiger partial charge in [-0.3, -0.25) is 9.69 Å². The Morgan fingerprint density at radius 3 is 2.27 bits per heavy atom. The molecule has 2 aromatic rings. The number of ether oxygens (including phenoxy) is 1. The molecule has 2 aromatic carbocycles. The first kappa shape index (κ1) is 17.1. The molecule has 2 unspecified atom stereocenters. The van der Waals surface area contributed by atoms with Gasteiger partial charge in [0.05, 0.1) is 13.0 Å². The van der Waals surface area contributed by atoms with E-state index in [1.165, 1.54) is 24.7 Å².